The predicted octanol–water partition coefficient (Wildman–Crippen LogP) is 4.23. The average molecular weight is 375 g/mol. The van der Waals surface area contributed by atoms with E-state index in [1.165, 1.54) is 0 Å². The van der Waals surface area contributed by atoms with Crippen molar-refractivity contribution < 1.29 is 9.59 Å². The molecule has 4 nitrogen and oxygen atoms in total. The summed E-state index contributed by atoms with van der Waals surface area (Å²) in [6.45, 7) is 2.71. The highest BCUT2D eigenvalue weighted by atomic mass is 79.9. The summed E-state index contributed by atoms with van der Waals surface area (Å²) in [6, 6.07) is 14.0. The second kappa shape index (κ2) is 8.48. The molecule has 0 aliphatic heterocycles. The molecule has 0 bridgehead atoms. The minimum Gasteiger partial charge on any atom is -0.352 e. The van der Waals surface area contributed by atoms with Crippen molar-refractivity contribution in [3.63, 3.8) is 0 Å². The van der Waals surface area contributed by atoms with Gasteiger partial charge in [-0.3, -0.25) is 9.59 Å². The van der Waals surface area contributed by atoms with Crippen molar-refractivity contribution in [2.75, 3.05) is 11.9 Å². The summed E-state index contributed by atoms with van der Waals surface area (Å²) >= 11 is 3.35. The molecule has 2 N–H and O–H groups in total. The van der Waals surface area contributed by atoms with Crippen molar-refractivity contribution in [2.45, 2.75) is 19.8 Å². The first-order chi connectivity index (χ1) is 11.1. The van der Waals surface area contributed by atoms with Gasteiger partial charge in [0, 0.05) is 27.8 Å². The highest BCUT2D eigenvalue weighted by molar-refractivity contribution is 9.10. The molecule has 23 heavy (non-hydrogen) atoms. The molecule has 0 radical (unpaired) electrons. The Morgan fingerprint density at radius 1 is 1.00 bits per heavy atom. The molecule has 0 unspecified atom stereocenters. The van der Waals surface area contributed by atoms with E-state index < -0.39 is 0 Å². The van der Waals surface area contributed by atoms with E-state index in [0.717, 1.165) is 17.3 Å². The molecule has 2 aromatic rings. The molecule has 2 aromatic carbocycles. The molecule has 0 spiro atoms. The summed E-state index contributed by atoms with van der Waals surface area (Å²) in [5.74, 6) is -0.396. The molecular formula is C18H19BrN2O2. The Labute approximate surface area is 144 Å². The number of carbonyl (C=O) groups is 2. The summed E-state index contributed by atoms with van der Waals surface area (Å²) in [5, 5.41) is 5.66. The van der Waals surface area contributed by atoms with Gasteiger partial charge < -0.3 is 10.6 Å². The predicted molar refractivity (Wildman–Crippen MR) is 95.8 cm³/mol. The number of carbonyl (C=O) groups excluding carboxylic acids is 2. The second-order valence-electron chi connectivity index (χ2n) is 5.15. The number of nitrogens with one attached hydrogen (secondary N) is 2. The third kappa shape index (κ3) is 5.21. The van der Waals surface area contributed by atoms with E-state index in [-0.39, 0.29) is 11.8 Å². The first-order valence-electron chi connectivity index (χ1n) is 7.55. The van der Waals surface area contributed by atoms with E-state index in [2.05, 4.69) is 33.5 Å². The maximum atomic E-state index is 12.3. The van der Waals surface area contributed by atoms with Crippen LogP contribution in [0.1, 0.15) is 40.5 Å². The van der Waals surface area contributed by atoms with Crippen LogP contribution in [0.3, 0.4) is 0 Å². The van der Waals surface area contributed by atoms with Gasteiger partial charge in [0.2, 0.25) is 0 Å². The van der Waals surface area contributed by atoms with Crippen LogP contribution in [-0.4, -0.2) is 18.4 Å². The Balaban J connectivity index is 2.04. The number of rotatable bonds is 6. The van der Waals surface area contributed by atoms with Gasteiger partial charge in [-0.05, 0) is 48.9 Å². The second-order valence-corrected chi connectivity index (χ2v) is 6.07. The Hall–Kier alpha value is -2.14. The summed E-state index contributed by atoms with van der Waals surface area (Å²) in [7, 11) is 0. The van der Waals surface area contributed by atoms with Crippen LogP contribution < -0.4 is 10.6 Å². The van der Waals surface area contributed by atoms with Crippen LogP contribution in [-0.2, 0) is 0 Å². The van der Waals surface area contributed by atoms with Crippen LogP contribution in [0.25, 0.3) is 0 Å². The van der Waals surface area contributed by atoms with Crippen LogP contribution in [0.15, 0.2) is 53.0 Å². The molecule has 0 aliphatic carbocycles. The van der Waals surface area contributed by atoms with E-state index >= 15 is 0 Å². The lowest BCUT2D eigenvalue weighted by Gasteiger charge is -2.08. The summed E-state index contributed by atoms with van der Waals surface area (Å²) in [5.41, 5.74) is 1.65. The van der Waals surface area contributed by atoms with Crippen molar-refractivity contribution in [2.24, 2.45) is 0 Å². The lowest BCUT2D eigenvalue weighted by molar-refractivity contribution is 0.0953. The lowest BCUT2D eigenvalue weighted by atomic mass is 10.1. The first kappa shape index (κ1) is 17.2. The van der Waals surface area contributed by atoms with E-state index in [1.807, 2.05) is 24.3 Å². The number of anilines is 1. The molecule has 0 aromatic heterocycles. The fourth-order valence-corrected chi connectivity index (χ4v) is 2.28. The van der Waals surface area contributed by atoms with Gasteiger partial charge in [0.1, 0.15) is 0 Å². The topological polar surface area (TPSA) is 58.2 Å². The van der Waals surface area contributed by atoms with Gasteiger partial charge in [0.05, 0.1) is 0 Å². The number of benzene rings is 2. The maximum Gasteiger partial charge on any atom is 0.255 e. The molecule has 0 heterocycles. The fraction of sp³-hybridized carbons (Fsp3) is 0.222. The van der Waals surface area contributed by atoms with Crippen LogP contribution in [0.5, 0.6) is 0 Å². The molecular weight excluding hydrogens is 356 g/mol. The Morgan fingerprint density at radius 3 is 2.30 bits per heavy atom. The van der Waals surface area contributed by atoms with Crippen molar-refractivity contribution >= 4 is 33.4 Å². The number of hydrogen-bond donors (Lipinski definition) is 2. The fourth-order valence-electron chi connectivity index (χ4n) is 2.02. The molecule has 0 saturated carbocycles. The van der Waals surface area contributed by atoms with Crippen molar-refractivity contribution in [3.05, 3.63) is 64.1 Å². The van der Waals surface area contributed by atoms with E-state index in [0.29, 0.717) is 23.4 Å². The van der Waals surface area contributed by atoms with Crippen LogP contribution in [0, 0.1) is 0 Å². The largest absolute Gasteiger partial charge is 0.352 e. The summed E-state index contributed by atoms with van der Waals surface area (Å²) in [4.78, 5) is 24.3. The van der Waals surface area contributed by atoms with Crippen LogP contribution in [0.4, 0.5) is 5.69 Å². The third-order valence-electron chi connectivity index (χ3n) is 3.30. The molecule has 2 rings (SSSR count). The van der Waals surface area contributed by atoms with Crippen LogP contribution in [0.2, 0.25) is 0 Å². The number of amides is 2. The van der Waals surface area contributed by atoms with E-state index in [1.54, 1.807) is 24.3 Å². The minimum atomic E-state index is -0.240. The summed E-state index contributed by atoms with van der Waals surface area (Å²) in [6.07, 6.45) is 1.96. The first-order valence-corrected chi connectivity index (χ1v) is 8.34. The number of halogens is 1. The molecule has 2 amide bonds. The van der Waals surface area contributed by atoms with Gasteiger partial charge in [-0.2, -0.15) is 0 Å². The molecule has 5 heteroatoms. The van der Waals surface area contributed by atoms with Crippen molar-refractivity contribution in [3.8, 4) is 0 Å². The zero-order valence-electron chi connectivity index (χ0n) is 12.9. The van der Waals surface area contributed by atoms with Gasteiger partial charge in [-0.15, -0.1) is 0 Å². The Kier molecular flexibility index (Phi) is 6.35. The highest BCUT2D eigenvalue weighted by Crippen LogP contribution is 2.15. The van der Waals surface area contributed by atoms with Gasteiger partial charge in [-0.25, -0.2) is 0 Å². The van der Waals surface area contributed by atoms with Gasteiger partial charge in [-0.1, -0.05) is 35.3 Å². The van der Waals surface area contributed by atoms with Gasteiger partial charge in [0.25, 0.3) is 11.8 Å². The maximum absolute atomic E-state index is 12.3. The van der Waals surface area contributed by atoms with Crippen LogP contribution >= 0.6 is 15.9 Å². The molecule has 120 valence electrons. The normalized spacial score (nSPS) is 10.2. The minimum absolute atomic E-state index is 0.156. The average Bonchev–Trinajstić information content (AvgIpc) is 2.57. The van der Waals surface area contributed by atoms with E-state index in [4.69, 9.17) is 0 Å². The Bertz CT molecular complexity index is 684. The standard InChI is InChI=1S/C18H19BrN2O2/c1-2-3-11-20-17(22)13-5-4-6-14(12-13)18(23)21-16-9-7-15(19)8-10-16/h4-10,12H,2-3,11H2,1H3,(H,20,22)(H,21,23). The summed E-state index contributed by atoms with van der Waals surface area (Å²) < 4.78 is 0.946. The molecule has 0 fully saturated rings. The van der Waals surface area contributed by atoms with Crippen molar-refractivity contribution in [1.29, 1.82) is 0 Å². The smallest absolute Gasteiger partial charge is 0.255 e. The molecule has 0 saturated heterocycles. The van der Waals surface area contributed by atoms with Gasteiger partial charge >= 0.3 is 0 Å². The third-order valence-corrected chi connectivity index (χ3v) is 3.83. The monoisotopic (exact) mass is 374 g/mol. The number of unbranched alkanes of at least 4 members (excludes halogenated alkanes) is 1. The highest BCUT2D eigenvalue weighted by Gasteiger charge is 2.10. The number of hydrogen-bond acceptors (Lipinski definition) is 2. The van der Waals surface area contributed by atoms with E-state index in [9.17, 15) is 9.59 Å². The van der Waals surface area contributed by atoms with Crippen molar-refractivity contribution in [1.82, 2.24) is 5.32 Å². The zero-order chi connectivity index (χ0) is 16.7. The molecule has 0 atom stereocenters. The quantitative estimate of drug-likeness (QED) is 0.743. The molecule has 0 aliphatic rings. The SMILES string of the molecule is CCCCNC(=O)c1cccc(C(=O)Nc2ccc(Br)cc2)c1. The van der Waals surface area contributed by atoms with Gasteiger partial charge in [0.15, 0.2) is 0 Å². The lowest BCUT2D eigenvalue weighted by Crippen LogP contribution is -2.24. The zero-order valence-corrected chi connectivity index (χ0v) is 14.5. The Morgan fingerprint density at radius 2 is 1.65 bits per heavy atom.